The number of rotatable bonds is 41. The van der Waals surface area contributed by atoms with Gasteiger partial charge in [-0.1, -0.05) is 26.0 Å². The lowest BCUT2D eigenvalue weighted by atomic mass is 9.88. The quantitative estimate of drug-likeness (QED) is 0.0240. The van der Waals surface area contributed by atoms with Gasteiger partial charge in [-0.2, -0.15) is 0 Å². The number of nitrogens with two attached hydrogens (primary N) is 1. The summed E-state index contributed by atoms with van der Waals surface area (Å²) in [4.78, 5) is 34.9. The first kappa shape index (κ1) is 59.3. The fraction of sp³-hybridized carbons (Fsp3) is 0.933. The van der Waals surface area contributed by atoms with Crippen molar-refractivity contribution in [2.75, 3.05) is 158 Å². The molecule has 0 aromatic heterocycles. The molecule has 6 atom stereocenters. The van der Waals surface area contributed by atoms with E-state index in [4.69, 9.17) is 92.4 Å². The predicted molar refractivity (Wildman–Crippen MR) is 237 cm³/mol. The topological polar surface area (TPSA) is 311 Å². The first-order chi connectivity index (χ1) is 33.4. The largest absolute Gasteiger partial charge is 0.465 e. The number of nitrogens with zero attached hydrogens (tertiary/aromatic N) is 1. The van der Waals surface area contributed by atoms with E-state index in [1.165, 1.54) is 0 Å². The van der Waals surface area contributed by atoms with Crippen LogP contribution in [-0.2, 0) is 85.4 Å². The first-order valence-electron chi connectivity index (χ1n) is 24.2. The van der Waals surface area contributed by atoms with E-state index >= 15 is 0 Å². The predicted octanol–water partition coefficient (Wildman–Crippen LogP) is 0.459. The molecule has 0 saturated carbocycles. The Balaban J connectivity index is 0.000000226. The minimum absolute atomic E-state index is 0.0359. The highest BCUT2D eigenvalue weighted by molar-refractivity contribution is 5.70. The Morgan fingerprint density at radius 3 is 0.971 bits per heavy atom. The van der Waals surface area contributed by atoms with Crippen LogP contribution in [0.2, 0.25) is 0 Å². The molecule has 0 amide bonds. The number of hydrogen-bond acceptors (Lipinski definition) is 24. The van der Waals surface area contributed by atoms with Gasteiger partial charge in [-0.3, -0.25) is 24.8 Å². The van der Waals surface area contributed by atoms with Crippen LogP contribution in [0.15, 0.2) is 0 Å². The van der Waals surface area contributed by atoms with Crippen molar-refractivity contribution in [1.82, 2.24) is 10.7 Å². The van der Waals surface area contributed by atoms with E-state index in [0.29, 0.717) is 92.2 Å². The summed E-state index contributed by atoms with van der Waals surface area (Å²) < 4.78 is 81.0. The van der Waals surface area contributed by atoms with Gasteiger partial charge >= 0.3 is 17.9 Å². The van der Waals surface area contributed by atoms with Gasteiger partial charge in [0.25, 0.3) is 0 Å². The van der Waals surface area contributed by atoms with Gasteiger partial charge in [-0.25, -0.2) is 5.48 Å². The SMILES string of the molecule is CCC(COCC1CO1)(COCC1CO1)COC(=O)CCN.CCC(COCC1CO1)(COCC1CO1)COC(=O)CCN(O)O.CCC(COCC1CO1)(COCC1CO1)COC(=O)CCNO. The molecule has 0 aromatic rings. The number of nitrogens with one attached hydrogen (secondary N) is 1. The number of hydroxylamine groups is 3. The van der Waals surface area contributed by atoms with Gasteiger partial charge in [0.2, 0.25) is 0 Å². The molecule has 6 aliphatic rings. The molecular weight excluding hydrogens is 918 g/mol. The standard InChI is InChI=1S/C15H27NO8.C15H27NO7.C15H27NO6/c1-2-15(9-20-5-12-7-22-12,10-21-6-13-8-23-13)11-24-14(17)3-4-16(18)19;1-2-15(9-19-5-12-7-21-12,10-20-6-13-8-22-13)11-23-14(17)3-4-16-18;1-2-15(9-18-5-12-7-20-12,10-19-6-13-8-21-13)11-22-14(17)3-4-16/h12-13,18-19H,2-11H2,1H3;12-13,16,18H,2-11H2,1H3;12-13H,2-11,16H2,1H3. The number of esters is 3. The van der Waals surface area contributed by atoms with Crippen molar-refractivity contribution in [2.45, 2.75) is 95.9 Å². The van der Waals surface area contributed by atoms with Crippen molar-refractivity contribution in [3.63, 3.8) is 0 Å². The lowest BCUT2D eigenvalue weighted by molar-refractivity contribution is -0.306. The number of epoxide rings is 6. The summed E-state index contributed by atoms with van der Waals surface area (Å²) in [6.45, 7) is 17.4. The van der Waals surface area contributed by atoms with E-state index < -0.39 is 11.4 Å². The summed E-state index contributed by atoms with van der Waals surface area (Å²) in [5.74, 6) is -1.14. The Labute approximate surface area is 405 Å². The zero-order valence-corrected chi connectivity index (χ0v) is 40.9. The molecule has 0 bridgehead atoms. The maximum atomic E-state index is 11.7. The van der Waals surface area contributed by atoms with Crippen molar-refractivity contribution < 1.29 is 101 Å². The second-order valence-corrected chi connectivity index (χ2v) is 18.4. The average Bonchev–Trinajstić information content (AvgIpc) is 4.12. The Bertz CT molecular complexity index is 1360. The van der Waals surface area contributed by atoms with E-state index in [1.54, 1.807) is 0 Å². The Hall–Kier alpha value is -2.31. The monoisotopic (exact) mass is 1000 g/mol. The molecule has 6 heterocycles. The molecule has 24 heteroatoms. The maximum Gasteiger partial charge on any atom is 0.307 e. The Morgan fingerprint density at radius 1 is 0.493 bits per heavy atom. The van der Waals surface area contributed by atoms with Crippen LogP contribution < -0.4 is 11.2 Å². The molecule has 6 saturated heterocycles. The van der Waals surface area contributed by atoms with Gasteiger partial charge in [-0.05, 0) is 19.3 Å². The third kappa shape index (κ3) is 28.5. The van der Waals surface area contributed by atoms with Crippen LogP contribution in [-0.4, -0.2) is 234 Å². The Kier molecular flexibility index (Phi) is 28.1. The van der Waals surface area contributed by atoms with E-state index in [2.05, 4.69) is 0 Å². The molecule has 0 aromatic carbocycles. The molecule has 0 aliphatic carbocycles. The van der Waals surface area contributed by atoms with Crippen molar-refractivity contribution in [3.8, 4) is 0 Å². The molecule has 0 radical (unpaired) electrons. The molecule has 24 nitrogen and oxygen atoms in total. The van der Waals surface area contributed by atoms with Crippen molar-refractivity contribution in [2.24, 2.45) is 22.0 Å². The Morgan fingerprint density at radius 2 is 0.754 bits per heavy atom. The summed E-state index contributed by atoms with van der Waals surface area (Å²) in [5, 5.41) is 25.8. The minimum atomic E-state index is -0.503. The zero-order valence-electron chi connectivity index (χ0n) is 40.9. The van der Waals surface area contributed by atoms with Gasteiger partial charge in [0.1, 0.15) is 56.4 Å². The van der Waals surface area contributed by atoms with Crippen LogP contribution >= 0.6 is 0 Å². The maximum absolute atomic E-state index is 11.7. The van der Waals surface area contributed by atoms with E-state index in [1.807, 2.05) is 26.3 Å². The number of ether oxygens (including phenoxy) is 15. The summed E-state index contributed by atoms with van der Waals surface area (Å²) in [7, 11) is 0. The second-order valence-electron chi connectivity index (χ2n) is 18.4. The molecule has 6 rings (SSSR count). The fourth-order valence-corrected chi connectivity index (χ4v) is 6.10. The molecular formula is C45H81N3O21. The van der Waals surface area contributed by atoms with Crippen LogP contribution in [0.25, 0.3) is 0 Å². The summed E-state index contributed by atoms with van der Waals surface area (Å²) in [6.07, 6.45) is 3.67. The summed E-state index contributed by atoms with van der Waals surface area (Å²) in [6, 6.07) is 0. The minimum Gasteiger partial charge on any atom is -0.465 e. The summed E-state index contributed by atoms with van der Waals surface area (Å²) in [5.41, 5.74) is 6.13. The van der Waals surface area contributed by atoms with Crippen LogP contribution in [0, 0.1) is 16.2 Å². The molecule has 0 spiro atoms. The van der Waals surface area contributed by atoms with Gasteiger partial charge in [-0.15, -0.1) is 0 Å². The summed E-state index contributed by atoms with van der Waals surface area (Å²) >= 11 is 0. The normalized spacial score (nSPS) is 25.0. The van der Waals surface area contributed by atoms with Crippen LogP contribution in [0.1, 0.15) is 59.3 Å². The van der Waals surface area contributed by atoms with Gasteiger partial charge < -0.3 is 82.0 Å². The highest BCUT2D eigenvalue weighted by Crippen LogP contribution is 2.29. The third-order valence-corrected chi connectivity index (χ3v) is 11.9. The lowest BCUT2D eigenvalue weighted by Gasteiger charge is -2.31. The van der Waals surface area contributed by atoms with Crippen molar-refractivity contribution in [3.05, 3.63) is 0 Å². The first-order valence-corrected chi connectivity index (χ1v) is 24.2. The highest BCUT2D eigenvalue weighted by Gasteiger charge is 2.37. The smallest absolute Gasteiger partial charge is 0.307 e. The average molecular weight is 1000 g/mol. The third-order valence-electron chi connectivity index (χ3n) is 11.9. The number of carbonyl (C=O) groups excluding carboxylic acids is 3. The van der Waals surface area contributed by atoms with E-state index in [-0.39, 0.29) is 117 Å². The fourth-order valence-electron chi connectivity index (χ4n) is 6.10. The molecule has 6 N–H and O–H groups in total. The number of carbonyl (C=O) groups is 3. The van der Waals surface area contributed by atoms with E-state index in [9.17, 15) is 14.4 Å². The van der Waals surface area contributed by atoms with Gasteiger partial charge in [0.15, 0.2) is 0 Å². The van der Waals surface area contributed by atoms with Crippen molar-refractivity contribution in [1.29, 1.82) is 0 Å². The zero-order chi connectivity index (χ0) is 49.8. The van der Waals surface area contributed by atoms with Crippen LogP contribution in [0.5, 0.6) is 0 Å². The molecule has 6 unspecified atom stereocenters. The van der Waals surface area contributed by atoms with Crippen LogP contribution in [0.3, 0.4) is 0 Å². The lowest BCUT2D eigenvalue weighted by Crippen LogP contribution is -2.38. The highest BCUT2D eigenvalue weighted by atomic mass is 16.8. The molecule has 6 fully saturated rings. The second kappa shape index (κ2) is 32.7. The van der Waals surface area contributed by atoms with Crippen LogP contribution in [0.4, 0.5) is 0 Å². The van der Waals surface area contributed by atoms with Gasteiger partial charge in [0, 0.05) is 13.1 Å². The van der Waals surface area contributed by atoms with E-state index in [0.717, 1.165) is 52.5 Å². The molecule has 6 aliphatic heterocycles. The molecule has 69 heavy (non-hydrogen) atoms. The molecule has 402 valence electrons. The van der Waals surface area contributed by atoms with Gasteiger partial charge in [0.05, 0.1) is 161 Å². The number of hydrogen-bond donors (Lipinski definition) is 5. The van der Waals surface area contributed by atoms with Crippen molar-refractivity contribution >= 4 is 17.9 Å².